The average molecular weight is 313 g/mol. The van der Waals surface area contributed by atoms with E-state index in [0.29, 0.717) is 17.6 Å². The molecule has 4 unspecified atom stereocenters. The highest BCUT2D eigenvalue weighted by molar-refractivity contribution is 5.54. The van der Waals surface area contributed by atoms with Gasteiger partial charge < -0.3 is 15.1 Å². The Morgan fingerprint density at radius 2 is 1.87 bits per heavy atom. The van der Waals surface area contributed by atoms with Crippen molar-refractivity contribution in [2.45, 2.75) is 51.2 Å². The van der Waals surface area contributed by atoms with Gasteiger partial charge in [-0.2, -0.15) is 0 Å². The smallest absolute Gasteiger partial charge is 0.0473 e. The molecular formula is C20H31N3. The van der Waals surface area contributed by atoms with Crippen LogP contribution in [0.25, 0.3) is 0 Å². The van der Waals surface area contributed by atoms with Crippen LogP contribution in [0.3, 0.4) is 0 Å². The maximum absolute atomic E-state index is 3.60. The summed E-state index contributed by atoms with van der Waals surface area (Å²) in [6.45, 7) is 10.7. The van der Waals surface area contributed by atoms with Crippen molar-refractivity contribution in [3.05, 3.63) is 29.8 Å². The molecule has 0 aliphatic carbocycles. The summed E-state index contributed by atoms with van der Waals surface area (Å²) < 4.78 is 0. The summed E-state index contributed by atoms with van der Waals surface area (Å²) in [7, 11) is 2.33. The first-order chi connectivity index (χ1) is 11.0. The van der Waals surface area contributed by atoms with Crippen LogP contribution in [0, 0.1) is 18.8 Å². The van der Waals surface area contributed by atoms with Crippen LogP contribution in [0.4, 0.5) is 5.69 Å². The van der Waals surface area contributed by atoms with E-state index in [0.717, 1.165) is 24.9 Å². The number of anilines is 1. The molecule has 3 aliphatic rings. The summed E-state index contributed by atoms with van der Waals surface area (Å²) in [6, 6.07) is 10.5. The van der Waals surface area contributed by atoms with E-state index in [1.807, 2.05) is 0 Å². The third-order valence-electron chi connectivity index (χ3n) is 7.22. The van der Waals surface area contributed by atoms with E-state index in [2.05, 4.69) is 67.2 Å². The molecule has 3 saturated heterocycles. The van der Waals surface area contributed by atoms with Gasteiger partial charge in [-0.05, 0) is 77.4 Å². The minimum atomic E-state index is 0.349. The van der Waals surface area contributed by atoms with Gasteiger partial charge in [0, 0.05) is 35.8 Å². The average Bonchev–Trinajstić information content (AvgIpc) is 2.98. The van der Waals surface area contributed by atoms with Crippen molar-refractivity contribution in [2.24, 2.45) is 11.8 Å². The number of fused-ring (bicyclic) bond motifs is 2. The Morgan fingerprint density at radius 1 is 1.13 bits per heavy atom. The summed E-state index contributed by atoms with van der Waals surface area (Å²) in [6.07, 6.45) is 2.57. The molecule has 1 aromatic rings. The van der Waals surface area contributed by atoms with Crippen molar-refractivity contribution in [2.75, 3.05) is 31.6 Å². The Morgan fingerprint density at radius 3 is 2.57 bits per heavy atom. The van der Waals surface area contributed by atoms with Crippen molar-refractivity contribution in [1.29, 1.82) is 0 Å². The number of nitrogens with one attached hydrogen (secondary N) is 1. The van der Waals surface area contributed by atoms with E-state index >= 15 is 0 Å². The van der Waals surface area contributed by atoms with Crippen molar-refractivity contribution in [3.63, 3.8) is 0 Å². The molecule has 3 nitrogen and oxygen atoms in total. The molecular weight excluding hydrogens is 282 g/mol. The monoisotopic (exact) mass is 313 g/mol. The zero-order valence-electron chi connectivity index (χ0n) is 15.0. The summed E-state index contributed by atoms with van der Waals surface area (Å²) in [4.78, 5) is 5.43. The molecule has 3 fully saturated rings. The fourth-order valence-corrected chi connectivity index (χ4v) is 5.89. The van der Waals surface area contributed by atoms with E-state index in [1.54, 1.807) is 0 Å². The Bertz CT molecular complexity index is 578. The van der Waals surface area contributed by atoms with E-state index in [4.69, 9.17) is 0 Å². The van der Waals surface area contributed by atoms with Crippen LogP contribution < -0.4 is 10.2 Å². The van der Waals surface area contributed by atoms with Gasteiger partial charge in [0.25, 0.3) is 0 Å². The first-order valence-electron chi connectivity index (χ1n) is 9.31. The molecule has 1 spiro atoms. The summed E-state index contributed by atoms with van der Waals surface area (Å²) in [5, 5.41) is 3.60. The van der Waals surface area contributed by atoms with Crippen LogP contribution in [0.2, 0.25) is 0 Å². The van der Waals surface area contributed by atoms with Gasteiger partial charge in [-0.25, -0.2) is 0 Å². The topological polar surface area (TPSA) is 18.5 Å². The Hall–Kier alpha value is -1.06. The molecule has 0 aromatic heterocycles. The number of benzene rings is 1. The van der Waals surface area contributed by atoms with Crippen molar-refractivity contribution >= 4 is 5.69 Å². The maximum Gasteiger partial charge on any atom is 0.0473 e. The zero-order valence-corrected chi connectivity index (χ0v) is 15.0. The second-order valence-electron chi connectivity index (χ2n) is 8.14. The SMILES string of the molecule is Cc1cccc(N2CC3C(C)N(C)C(C)C3C23CCNCC3)c1. The summed E-state index contributed by atoms with van der Waals surface area (Å²) in [5.74, 6) is 1.60. The lowest BCUT2D eigenvalue weighted by Crippen LogP contribution is -2.57. The summed E-state index contributed by atoms with van der Waals surface area (Å²) in [5.41, 5.74) is 3.17. The van der Waals surface area contributed by atoms with E-state index in [9.17, 15) is 0 Å². The second kappa shape index (κ2) is 5.49. The number of likely N-dealkylation sites (tertiary alicyclic amines) is 1. The van der Waals surface area contributed by atoms with Gasteiger partial charge in [0.15, 0.2) is 0 Å². The van der Waals surface area contributed by atoms with Gasteiger partial charge in [-0.15, -0.1) is 0 Å². The highest BCUT2D eigenvalue weighted by Gasteiger charge is 2.61. The largest absolute Gasteiger partial charge is 0.365 e. The fourth-order valence-electron chi connectivity index (χ4n) is 5.89. The molecule has 126 valence electrons. The fraction of sp³-hybridized carbons (Fsp3) is 0.700. The Balaban J connectivity index is 1.78. The molecule has 4 atom stereocenters. The van der Waals surface area contributed by atoms with E-state index in [1.165, 1.54) is 30.6 Å². The highest BCUT2D eigenvalue weighted by Crippen LogP contribution is 2.54. The number of aryl methyl sites for hydroxylation is 1. The van der Waals surface area contributed by atoms with Crippen LogP contribution in [0.5, 0.6) is 0 Å². The first kappa shape index (κ1) is 15.5. The lowest BCUT2D eigenvalue weighted by molar-refractivity contribution is 0.169. The highest BCUT2D eigenvalue weighted by atomic mass is 15.3. The van der Waals surface area contributed by atoms with Crippen LogP contribution >= 0.6 is 0 Å². The molecule has 1 N–H and O–H groups in total. The molecule has 0 saturated carbocycles. The predicted octanol–water partition coefficient (Wildman–Crippen LogP) is 2.89. The Labute approximate surface area is 141 Å². The lowest BCUT2D eigenvalue weighted by atomic mass is 9.71. The van der Waals surface area contributed by atoms with Gasteiger partial charge in [0.05, 0.1) is 0 Å². The van der Waals surface area contributed by atoms with Crippen molar-refractivity contribution in [1.82, 2.24) is 10.2 Å². The number of piperidine rings is 1. The molecule has 1 aromatic carbocycles. The minimum Gasteiger partial charge on any atom is -0.365 e. The van der Waals surface area contributed by atoms with Crippen LogP contribution in [-0.2, 0) is 0 Å². The number of hydrogen-bond donors (Lipinski definition) is 1. The normalized spacial score (nSPS) is 36.6. The van der Waals surface area contributed by atoms with Crippen molar-refractivity contribution < 1.29 is 0 Å². The van der Waals surface area contributed by atoms with Crippen LogP contribution in [-0.4, -0.2) is 49.2 Å². The van der Waals surface area contributed by atoms with E-state index in [-0.39, 0.29) is 0 Å². The van der Waals surface area contributed by atoms with E-state index < -0.39 is 0 Å². The molecule has 0 bridgehead atoms. The third kappa shape index (κ3) is 2.16. The van der Waals surface area contributed by atoms with Gasteiger partial charge >= 0.3 is 0 Å². The van der Waals surface area contributed by atoms with Gasteiger partial charge in [0.1, 0.15) is 0 Å². The number of nitrogens with zero attached hydrogens (tertiary/aromatic N) is 2. The minimum absolute atomic E-state index is 0.349. The summed E-state index contributed by atoms with van der Waals surface area (Å²) >= 11 is 0. The molecule has 3 aliphatic heterocycles. The molecule has 0 amide bonds. The standard InChI is InChI=1S/C20H31N3/c1-14-6-5-7-17(12-14)23-13-18-15(2)22(4)16(3)19(18)20(23)8-10-21-11-9-20/h5-7,12,15-16,18-19,21H,8-11,13H2,1-4H3. The molecule has 4 rings (SSSR count). The third-order valence-corrected chi connectivity index (χ3v) is 7.22. The van der Waals surface area contributed by atoms with Crippen molar-refractivity contribution in [3.8, 4) is 0 Å². The second-order valence-corrected chi connectivity index (χ2v) is 8.14. The zero-order chi connectivity index (χ0) is 16.2. The predicted molar refractivity (Wildman–Crippen MR) is 97.0 cm³/mol. The van der Waals surface area contributed by atoms with Gasteiger partial charge in [-0.3, -0.25) is 0 Å². The molecule has 23 heavy (non-hydrogen) atoms. The van der Waals surface area contributed by atoms with Gasteiger partial charge in [-0.1, -0.05) is 12.1 Å². The molecule has 3 heterocycles. The number of hydrogen-bond acceptors (Lipinski definition) is 3. The number of rotatable bonds is 1. The van der Waals surface area contributed by atoms with Crippen LogP contribution in [0.15, 0.2) is 24.3 Å². The van der Waals surface area contributed by atoms with Gasteiger partial charge in [0.2, 0.25) is 0 Å². The maximum atomic E-state index is 3.60. The quantitative estimate of drug-likeness (QED) is 0.860. The lowest BCUT2D eigenvalue weighted by Gasteiger charge is -2.48. The molecule has 3 heteroatoms. The van der Waals surface area contributed by atoms with Crippen LogP contribution in [0.1, 0.15) is 32.3 Å². The Kier molecular flexibility index (Phi) is 3.69. The molecule has 0 radical (unpaired) electrons. The first-order valence-corrected chi connectivity index (χ1v) is 9.31.